The molecule has 0 fully saturated rings. The lowest BCUT2D eigenvalue weighted by Gasteiger charge is -2.33. The summed E-state index contributed by atoms with van der Waals surface area (Å²) < 4.78 is 4.54. The molecule has 4 rings (SSSR count). The van der Waals surface area contributed by atoms with Gasteiger partial charge in [0.2, 0.25) is 5.95 Å². The molecule has 7 nitrogen and oxygen atoms in total. The SMILES string of the molecule is Cc1ccc(N2CC(C)Cn3c2nc2c3c(=O)n(C)c(=O)n2C)cc1. The molecule has 0 N–H and O–H groups in total. The molecular formula is C18H21N5O2. The van der Waals surface area contributed by atoms with Crippen LogP contribution in [-0.2, 0) is 20.6 Å². The molecule has 3 aromatic rings. The van der Waals surface area contributed by atoms with Crippen molar-refractivity contribution < 1.29 is 0 Å². The van der Waals surface area contributed by atoms with E-state index >= 15 is 0 Å². The maximum atomic E-state index is 12.7. The van der Waals surface area contributed by atoms with Gasteiger partial charge in [-0.1, -0.05) is 24.6 Å². The lowest BCUT2D eigenvalue weighted by atomic mass is 10.1. The minimum Gasteiger partial charge on any atom is -0.312 e. The van der Waals surface area contributed by atoms with Crippen LogP contribution in [0.4, 0.5) is 11.6 Å². The Balaban J connectivity index is 2.03. The second-order valence-corrected chi connectivity index (χ2v) is 6.95. The monoisotopic (exact) mass is 339 g/mol. The number of aromatic nitrogens is 4. The van der Waals surface area contributed by atoms with Crippen LogP contribution in [0.2, 0.25) is 0 Å². The second-order valence-electron chi connectivity index (χ2n) is 6.95. The molecule has 1 aliphatic heterocycles. The molecule has 1 aliphatic rings. The predicted octanol–water partition coefficient (Wildman–Crippen LogP) is 1.53. The summed E-state index contributed by atoms with van der Waals surface area (Å²) in [5.74, 6) is 1.07. The van der Waals surface area contributed by atoms with Gasteiger partial charge in [-0.05, 0) is 25.0 Å². The van der Waals surface area contributed by atoms with Crippen LogP contribution in [0.3, 0.4) is 0 Å². The highest BCUT2D eigenvalue weighted by Gasteiger charge is 2.29. The van der Waals surface area contributed by atoms with Gasteiger partial charge in [0, 0.05) is 32.9 Å². The minimum absolute atomic E-state index is 0.296. The summed E-state index contributed by atoms with van der Waals surface area (Å²) >= 11 is 0. The van der Waals surface area contributed by atoms with Crippen molar-refractivity contribution in [1.29, 1.82) is 0 Å². The van der Waals surface area contributed by atoms with Gasteiger partial charge in [-0.25, -0.2) is 4.79 Å². The van der Waals surface area contributed by atoms with Crippen LogP contribution in [0, 0.1) is 12.8 Å². The van der Waals surface area contributed by atoms with Gasteiger partial charge in [0.05, 0.1) is 0 Å². The molecule has 7 heteroatoms. The Kier molecular flexibility index (Phi) is 3.35. The van der Waals surface area contributed by atoms with E-state index in [1.54, 1.807) is 7.05 Å². The molecule has 0 aliphatic carbocycles. The molecule has 0 saturated carbocycles. The average Bonchev–Trinajstić information content (AvgIpc) is 2.97. The summed E-state index contributed by atoms with van der Waals surface area (Å²) in [6, 6.07) is 8.26. The number of hydrogen-bond acceptors (Lipinski definition) is 4. The van der Waals surface area contributed by atoms with E-state index in [4.69, 9.17) is 0 Å². The highest BCUT2D eigenvalue weighted by atomic mass is 16.2. The number of hydrogen-bond donors (Lipinski definition) is 0. The molecule has 1 unspecified atom stereocenters. The lowest BCUT2D eigenvalue weighted by molar-refractivity contribution is 0.458. The summed E-state index contributed by atoms with van der Waals surface area (Å²) in [6.07, 6.45) is 0. The fourth-order valence-electron chi connectivity index (χ4n) is 3.52. The van der Waals surface area contributed by atoms with Gasteiger partial charge >= 0.3 is 5.69 Å². The second kappa shape index (κ2) is 5.34. The Morgan fingerprint density at radius 1 is 1.04 bits per heavy atom. The predicted molar refractivity (Wildman–Crippen MR) is 97.6 cm³/mol. The van der Waals surface area contributed by atoms with Crippen LogP contribution in [0.5, 0.6) is 0 Å². The van der Waals surface area contributed by atoms with Gasteiger partial charge in [-0.15, -0.1) is 0 Å². The van der Waals surface area contributed by atoms with E-state index in [0.29, 0.717) is 23.6 Å². The number of anilines is 2. The van der Waals surface area contributed by atoms with Gasteiger partial charge in [0.1, 0.15) is 0 Å². The van der Waals surface area contributed by atoms with Crippen molar-refractivity contribution in [2.45, 2.75) is 20.4 Å². The third-order valence-electron chi connectivity index (χ3n) is 4.90. The number of benzene rings is 1. The third-order valence-corrected chi connectivity index (χ3v) is 4.90. The Hall–Kier alpha value is -2.83. The van der Waals surface area contributed by atoms with Crippen LogP contribution in [0.1, 0.15) is 12.5 Å². The molecule has 0 bridgehead atoms. The smallest absolute Gasteiger partial charge is 0.312 e. The van der Waals surface area contributed by atoms with Crippen molar-refractivity contribution in [2.24, 2.45) is 20.0 Å². The minimum atomic E-state index is -0.358. The zero-order chi connectivity index (χ0) is 17.9. The Labute approximate surface area is 144 Å². The van der Waals surface area contributed by atoms with Gasteiger partial charge in [0.25, 0.3) is 5.56 Å². The standard InChI is InChI=1S/C18H21N5O2/c1-11-5-7-13(8-6-11)22-9-12(2)10-23-14-15(19-17(22)23)20(3)18(25)21(4)16(14)24/h5-8,12H,9-10H2,1-4H3. The molecule has 2 aromatic heterocycles. The van der Waals surface area contributed by atoms with Gasteiger partial charge < -0.3 is 9.47 Å². The van der Waals surface area contributed by atoms with Gasteiger partial charge in [-0.3, -0.25) is 13.9 Å². The molecule has 0 saturated heterocycles. The first-order valence-electron chi connectivity index (χ1n) is 8.39. The van der Waals surface area contributed by atoms with Gasteiger partial charge in [0.15, 0.2) is 11.2 Å². The Morgan fingerprint density at radius 2 is 1.72 bits per heavy atom. The highest BCUT2D eigenvalue weighted by molar-refractivity contribution is 5.77. The quantitative estimate of drug-likeness (QED) is 0.674. The van der Waals surface area contributed by atoms with Crippen molar-refractivity contribution in [1.82, 2.24) is 18.7 Å². The van der Waals surface area contributed by atoms with Crippen molar-refractivity contribution >= 4 is 22.8 Å². The van der Waals surface area contributed by atoms with Gasteiger partial charge in [-0.2, -0.15) is 4.98 Å². The number of fused-ring (bicyclic) bond motifs is 3. The third kappa shape index (κ3) is 2.22. The van der Waals surface area contributed by atoms with E-state index in [2.05, 4.69) is 48.0 Å². The number of nitrogens with zero attached hydrogens (tertiary/aromatic N) is 5. The topological polar surface area (TPSA) is 65.1 Å². The van der Waals surface area contributed by atoms with Crippen LogP contribution < -0.4 is 16.1 Å². The first-order valence-corrected chi connectivity index (χ1v) is 8.39. The van der Waals surface area contributed by atoms with Crippen molar-refractivity contribution in [2.75, 3.05) is 11.4 Å². The number of aryl methyl sites for hydroxylation is 2. The largest absolute Gasteiger partial charge is 0.332 e. The molecule has 0 amide bonds. The van der Waals surface area contributed by atoms with Crippen molar-refractivity contribution in [3.8, 4) is 0 Å². The molecule has 3 heterocycles. The fraction of sp³-hybridized carbons (Fsp3) is 0.389. The maximum Gasteiger partial charge on any atom is 0.332 e. The fourth-order valence-corrected chi connectivity index (χ4v) is 3.52. The van der Waals surface area contributed by atoms with Crippen molar-refractivity contribution in [3.63, 3.8) is 0 Å². The average molecular weight is 339 g/mol. The van der Waals surface area contributed by atoms with E-state index in [1.807, 2.05) is 4.57 Å². The maximum absolute atomic E-state index is 12.7. The number of rotatable bonds is 1. The van der Waals surface area contributed by atoms with E-state index in [1.165, 1.54) is 17.2 Å². The van der Waals surface area contributed by atoms with Crippen LogP contribution >= 0.6 is 0 Å². The Morgan fingerprint density at radius 3 is 2.40 bits per heavy atom. The van der Waals surface area contributed by atoms with Crippen LogP contribution in [0.25, 0.3) is 11.2 Å². The highest BCUT2D eigenvalue weighted by Crippen LogP contribution is 2.32. The summed E-state index contributed by atoms with van der Waals surface area (Å²) in [6.45, 7) is 5.74. The first-order chi connectivity index (χ1) is 11.9. The molecule has 0 radical (unpaired) electrons. The summed E-state index contributed by atoms with van der Waals surface area (Å²) in [4.78, 5) is 31.7. The summed E-state index contributed by atoms with van der Waals surface area (Å²) in [7, 11) is 3.16. The molecule has 25 heavy (non-hydrogen) atoms. The summed E-state index contributed by atoms with van der Waals surface area (Å²) in [5.41, 5.74) is 2.50. The molecule has 130 valence electrons. The van der Waals surface area contributed by atoms with Crippen molar-refractivity contribution in [3.05, 3.63) is 50.7 Å². The Bertz CT molecular complexity index is 1090. The summed E-state index contributed by atoms with van der Waals surface area (Å²) in [5, 5.41) is 0. The molecule has 1 aromatic carbocycles. The van der Waals surface area contributed by atoms with E-state index < -0.39 is 0 Å². The molecular weight excluding hydrogens is 318 g/mol. The van der Waals surface area contributed by atoms with E-state index in [-0.39, 0.29) is 11.2 Å². The lowest BCUT2D eigenvalue weighted by Crippen LogP contribution is -2.38. The molecule has 1 atom stereocenters. The number of imidazole rings is 1. The van der Waals surface area contributed by atoms with E-state index in [0.717, 1.165) is 22.7 Å². The van der Waals surface area contributed by atoms with E-state index in [9.17, 15) is 9.59 Å². The van der Waals surface area contributed by atoms with Crippen LogP contribution in [-0.4, -0.2) is 25.2 Å². The normalized spacial score (nSPS) is 17.1. The zero-order valence-corrected chi connectivity index (χ0v) is 14.9. The molecule has 0 spiro atoms. The zero-order valence-electron chi connectivity index (χ0n) is 14.9. The first kappa shape index (κ1) is 15.7. The van der Waals surface area contributed by atoms with Crippen LogP contribution in [0.15, 0.2) is 33.9 Å².